The lowest BCUT2D eigenvalue weighted by Gasteiger charge is -2.70. The molecule has 0 heterocycles. The lowest BCUT2D eigenvalue weighted by Crippen LogP contribution is -2.70. The lowest BCUT2D eigenvalue weighted by molar-refractivity contribution is -0.278. The molecule has 2 aromatic rings. The highest BCUT2D eigenvalue weighted by Gasteiger charge is 2.70. The molecule has 12 atom stereocenters. The third kappa shape index (κ3) is 7.61. The maximum atomic E-state index is 13.4. The SMILES string of the molecule is C=CCC1[C@@]2(C)CC[C@H](O)[C@](C)(COC(=O)C=Cc3ccccc3)C2CC[C@@]1(C)[C@@]1(C)CC2CC(C)(C)[C@@H](O)[C@H](OC(=O)C=Cc3ccccc3)[C@]2(CO)[C@H](O)C1. The summed E-state index contributed by atoms with van der Waals surface area (Å²) >= 11 is 0. The molecule has 8 heteroatoms. The summed E-state index contributed by atoms with van der Waals surface area (Å²) < 4.78 is 12.0. The van der Waals surface area contributed by atoms with Crippen molar-refractivity contribution >= 4 is 24.1 Å². The quantitative estimate of drug-likeness (QED) is 0.102. The van der Waals surface area contributed by atoms with Gasteiger partial charge in [0.05, 0.1) is 36.9 Å². The van der Waals surface area contributed by atoms with Crippen LogP contribution in [0.3, 0.4) is 0 Å². The Labute approximate surface area is 340 Å². The molecule has 0 saturated heterocycles. The molecule has 4 saturated carbocycles. The molecule has 0 amide bonds. The Morgan fingerprint density at radius 2 is 1.39 bits per heavy atom. The second kappa shape index (κ2) is 16.2. The first kappa shape index (κ1) is 43.0. The molecule has 4 aliphatic carbocycles. The summed E-state index contributed by atoms with van der Waals surface area (Å²) in [6, 6.07) is 19.0. The minimum atomic E-state index is -1.25. The van der Waals surface area contributed by atoms with Gasteiger partial charge in [0, 0.05) is 17.6 Å². The average molecular weight is 783 g/mol. The van der Waals surface area contributed by atoms with Crippen molar-refractivity contribution in [2.75, 3.05) is 13.2 Å². The third-order valence-corrected chi connectivity index (χ3v) is 16.2. The maximum Gasteiger partial charge on any atom is 0.331 e. The molecule has 0 aromatic heterocycles. The van der Waals surface area contributed by atoms with Crippen molar-refractivity contribution in [2.24, 2.45) is 50.2 Å². The number of allylic oxidation sites excluding steroid dienone is 1. The van der Waals surface area contributed by atoms with Gasteiger partial charge in [0.15, 0.2) is 0 Å². The first-order valence-electron chi connectivity index (χ1n) is 21.0. The van der Waals surface area contributed by atoms with Gasteiger partial charge >= 0.3 is 11.9 Å². The number of aliphatic hydroxyl groups is 4. The Bertz CT molecular complexity index is 1810. The molecule has 0 aliphatic heterocycles. The van der Waals surface area contributed by atoms with Crippen LogP contribution in [0.15, 0.2) is 85.5 Å². The Kier molecular flexibility index (Phi) is 12.3. The molecule has 57 heavy (non-hydrogen) atoms. The maximum absolute atomic E-state index is 13.4. The molecule has 4 aliphatic rings. The van der Waals surface area contributed by atoms with Gasteiger partial charge in [-0.1, -0.05) is 108 Å². The summed E-state index contributed by atoms with van der Waals surface area (Å²) in [5.41, 5.74) is -1.78. The molecule has 310 valence electrons. The van der Waals surface area contributed by atoms with Crippen molar-refractivity contribution in [3.63, 3.8) is 0 Å². The molecular formula is C49H66O8. The molecule has 0 spiro atoms. The highest BCUT2D eigenvalue weighted by atomic mass is 16.6. The largest absolute Gasteiger partial charge is 0.462 e. The standard InChI is InChI=1S/C49H66O8/c1-8-15-37-46(5)26-25-38(51)47(6,32-56-40(53)22-20-33-16-11-9-12-17-33)36(46)24-27-48(37,7)45(4)29-35-28-44(2,3)42(55)43(49(35,31-50)39(52)30-45)57-41(54)23-21-34-18-13-10-14-19-34/h8-14,16-23,35-39,42-43,50-52,55H,1,15,24-32H2,2-7H3/t35?,36?,37?,38-,39+,42-,43-,45-,46-,47+,48+,49-/m0/s1. The van der Waals surface area contributed by atoms with Gasteiger partial charge in [-0.2, -0.15) is 0 Å². The molecule has 4 fully saturated rings. The topological polar surface area (TPSA) is 134 Å². The van der Waals surface area contributed by atoms with Crippen molar-refractivity contribution < 1.29 is 39.5 Å². The van der Waals surface area contributed by atoms with Crippen molar-refractivity contribution in [3.8, 4) is 0 Å². The van der Waals surface area contributed by atoms with E-state index in [0.717, 1.165) is 36.8 Å². The average Bonchev–Trinajstić information content (AvgIpc) is 3.18. The van der Waals surface area contributed by atoms with Crippen LogP contribution in [0.25, 0.3) is 12.2 Å². The van der Waals surface area contributed by atoms with Gasteiger partial charge in [-0.25, -0.2) is 9.59 Å². The Hall–Kier alpha value is -3.56. The summed E-state index contributed by atoms with van der Waals surface area (Å²) in [6.45, 7) is 17.0. The summed E-state index contributed by atoms with van der Waals surface area (Å²) in [7, 11) is 0. The molecule has 4 N–H and O–H groups in total. The first-order valence-corrected chi connectivity index (χ1v) is 21.0. The van der Waals surface area contributed by atoms with E-state index in [1.807, 2.05) is 80.6 Å². The van der Waals surface area contributed by atoms with E-state index in [1.54, 1.807) is 12.2 Å². The van der Waals surface area contributed by atoms with Crippen LogP contribution in [-0.2, 0) is 19.1 Å². The second-order valence-corrected chi connectivity index (χ2v) is 19.7. The van der Waals surface area contributed by atoms with Gasteiger partial charge in [-0.3, -0.25) is 0 Å². The number of fused-ring (bicyclic) bond motifs is 2. The molecule has 3 unspecified atom stereocenters. The van der Waals surface area contributed by atoms with Crippen molar-refractivity contribution in [1.29, 1.82) is 0 Å². The minimum Gasteiger partial charge on any atom is -0.462 e. The third-order valence-electron chi connectivity index (χ3n) is 16.2. The Morgan fingerprint density at radius 1 is 0.789 bits per heavy atom. The number of aliphatic hydroxyl groups excluding tert-OH is 4. The van der Waals surface area contributed by atoms with E-state index < -0.39 is 64.6 Å². The van der Waals surface area contributed by atoms with Crippen LogP contribution >= 0.6 is 0 Å². The van der Waals surface area contributed by atoms with Crippen LogP contribution in [0.5, 0.6) is 0 Å². The van der Waals surface area contributed by atoms with Crippen LogP contribution in [0.2, 0.25) is 0 Å². The predicted molar refractivity (Wildman–Crippen MR) is 223 cm³/mol. The second-order valence-electron chi connectivity index (χ2n) is 19.7. The van der Waals surface area contributed by atoms with Gasteiger partial charge in [0.1, 0.15) is 6.10 Å². The molecule has 2 aromatic carbocycles. The van der Waals surface area contributed by atoms with E-state index in [0.29, 0.717) is 25.7 Å². The van der Waals surface area contributed by atoms with Gasteiger partial charge < -0.3 is 29.9 Å². The van der Waals surface area contributed by atoms with E-state index in [-0.39, 0.29) is 35.2 Å². The van der Waals surface area contributed by atoms with E-state index in [2.05, 4.69) is 34.3 Å². The fourth-order valence-electron chi connectivity index (χ4n) is 12.7. The minimum absolute atomic E-state index is 0.0582. The van der Waals surface area contributed by atoms with Gasteiger partial charge in [0.2, 0.25) is 0 Å². The zero-order chi connectivity index (χ0) is 41.4. The molecule has 0 bridgehead atoms. The summed E-state index contributed by atoms with van der Waals surface area (Å²) in [5.74, 6) is -1.13. The number of hydrogen-bond acceptors (Lipinski definition) is 8. The van der Waals surface area contributed by atoms with Crippen molar-refractivity contribution in [2.45, 2.75) is 117 Å². The van der Waals surface area contributed by atoms with E-state index in [4.69, 9.17) is 9.47 Å². The smallest absolute Gasteiger partial charge is 0.331 e. The van der Waals surface area contributed by atoms with Gasteiger partial charge in [0.25, 0.3) is 0 Å². The van der Waals surface area contributed by atoms with Crippen LogP contribution < -0.4 is 0 Å². The van der Waals surface area contributed by atoms with Gasteiger partial charge in [-0.15, -0.1) is 6.58 Å². The molecule has 8 nitrogen and oxygen atoms in total. The summed E-state index contributed by atoms with van der Waals surface area (Å²) in [4.78, 5) is 26.4. The molecular weight excluding hydrogens is 717 g/mol. The number of ether oxygens (including phenoxy) is 2. The predicted octanol–water partition coefficient (Wildman–Crippen LogP) is 8.19. The molecule has 6 rings (SSSR count). The number of esters is 2. The first-order chi connectivity index (χ1) is 26.9. The highest BCUT2D eigenvalue weighted by molar-refractivity contribution is 5.87. The number of carbonyl (C=O) groups excluding carboxylic acids is 2. The summed E-state index contributed by atoms with van der Waals surface area (Å²) in [6.07, 6.45) is 9.67. The Morgan fingerprint density at radius 3 is 1.96 bits per heavy atom. The fraction of sp³-hybridized carbons (Fsp3) is 0.592. The number of carbonyl (C=O) groups is 2. The van der Waals surface area contributed by atoms with Crippen LogP contribution in [0.1, 0.15) is 104 Å². The zero-order valence-corrected chi connectivity index (χ0v) is 34.9. The lowest BCUT2D eigenvalue weighted by atomic mass is 9.35. The number of benzene rings is 2. The summed E-state index contributed by atoms with van der Waals surface area (Å²) in [5, 5.41) is 47.3. The van der Waals surface area contributed by atoms with Crippen molar-refractivity contribution in [1.82, 2.24) is 0 Å². The fourth-order valence-corrected chi connectivity index (χ4v) is 12.7. The van der Waals surface area contributed by atoms with E-state index in [9.17, 15) is 30.0 Å². The van der Waals surface area contributed by atoms with Crippen LogP contribution in [-0.4, -0.2) is 70.0 Å². The van der Waals surface area contributed by atoms with E-state index >= 15 is 0 Å². The Balaban J connectivity index is 1.28. The normalized spacial score (nSPS) is 40.2. The number of hydrogen-bond donors (Lipinski definition) is 4. The monoisotopic (exact) mass is 782 g/mol. The van der Waals surface area contributed by atoms with Gasteiger partial charge in [-0.05, 0) is 114 Å². The van der Waals surface area contributed by atoms with E-state index in [1.165, 1.54) is 12.2 Å². The van der Waals surface area contributed by atoms with Crippen LogP contribution in [0.4, 0.5) is 0 Å². The van der Waals surface area contributed by atoms with Crippen molar-refractivity contribution in [3.05, 3.63) is 96.6 Å². The van der Waals surface area contributed by atoms with Crippen LogP contribution in [0, 0.1) is 50.2 Å². The highest BCUT2D eigenvalue weighted by Crippen LogP contribution is 2.73. The molecule has 0 radical (unpaired) electrons. The number of rotatable bonds is 11. The zero-order valence-electron chi connectivity index (χ0n) is 34.9.